The summed E-state index contributed by atoms with van der Waals surface area (Å²) in [5, 5.41) is 0. The number of rotatable bonds is 21. The molecule has 0 aliphatic heterocycles. The van der Waals surface area contributed by atoms with E-state index in [0.717, 1.165) is 24.5 Å². The fraction of sp³-hybridized carbons (Fsp3) is 0.733. The van der Waals surface area contributed by atoms with Crippen molar-refractivity contribution in [2.24, 2.45) is 0 Å². The van der Waals surface area contributed by atoms with Gasteiger partial charge in [0.1, 0.15) is 12.8 Å². The molecule has 0 spiro atoms. The van der Waals surface area contributed by atoms with Crippen LogP contribution >= 0.6 is 0 Å². The first-order valence-corrected chi connectivity index (χ1v) is 19.1. The third-order valence-electron chi connectivity index (χ3n) is 4.48. The fourth-order valence-electron chi connectivity index (χ4n) is 2.00. The quantitative estimate of drug-likeness (QED) is 0.0172. The van der Waals surface area contributed by atoms with Gasteiger partial charge in [-0.05, 0) is 46.2 Å². The van der Waals surface area contributed by atoms with Gasteiger partial charge in [-0.2, -0.15) is 6.04 Å². The molecule has 0 N–H and O–H groups in total. The average molecular weight is 716 g/mol. The van der Waals surface area contributed by atoms with Crippen LogP contribution in [0.1, 0.15) is 69.2 Å². The fourth-order valence-corrected chi connectivity index (χ4v) is 3.70. The SMILES string of the molecule is C.C.C.C.C=C(C)C(=O)OCCCC(=O)OC[Si](C)(C)OC[CH2-].C=C(C)COOCCCCOOC[Si](C)(C)C[CH2-].[Y]. The molecule has 0 aliphatic rings. The van der Waals surface area contributed by atoms with E-state index >= 15 is 0 Å². The summed E-state index contributed by atoms with van der Waals surface area (Å²) in [6.07, 6.45) is 3.45. The maximum atomic E-state index is 11.4. The van der Waals surface area contributed by atoms with Gasteiger partial charge in [0.15, 0.2) is 0 Å². The molecule has 0 fully saturated rings. The van der Waals surface area contributed by atoms with Crippen molar-refractivity contribution in [1.29, 1.82) is 0 Å². The summed E-state index contributed by atoms with van der Waals surface area (Å²) in [5.41, 5.74) is 1.30. The zero-order chi connectivity index (χ0) is 28.7. The van der Waals surface area contributed by atoms with E-state index < -0.39 is 22.4 Å². The molecule has 0 saturated carbocycles. The van der Waals surface area contributed by atoms with Crippen LogP contribution in [-0.4, -0.2) is 73.8 Å². The van der Waals surface area contributed by atoms with Gasteiger partial charge in [0, 0.05) is 44.7 Å². The first-order chi connectivity index (χ1) is 17.3. The number of hydrogen-bond donors (Lipinski definition) is 0. The second kappa shape index (κ2) is 35.2. The standard InChI is InChI=1S/C13H23O5Si.C13H27O4Si.4CH4.Y/c1-6-18-19(4,5)10-17-12(14)8-7-9-16-13(15)11(2)3;1-6-18(4,5)12-17-15-10-8-7-9-14-16-11-13(2)3;;;;;/h1-2,6-10H2,3-5H3;1-2,6-12H2,3-5H3;4*1H4;/q2*-1;;;;;. The maximum Gasteiger partial charge on any atom is 0.333 e. The number of carbonyl (C=O) groups excluding carboxylic acids is 2. The molecule has 42 heavy (non-hydrogen) atoms. The molecule has 0 amide bonds. The first-order valence-electron chi connectivity index (χ1n) is 12.6. The molecule has 9 nitrogen and oxygen atoms in total. The topological polar surface area (TPSA) is 98.8 Å². The monoisotopic (exact) mass is 715 g/mol. The minimum atomic E-state index is -1.95. The number of esters is 2. The molecule has 0 aromatic heterocycles. The van der Waals surface area contributed by atoms with Crippen molar-refractivity contribution in [2.45, 2.75) is 101 Å². The Hall–Kier alpha value is -0.242. The second-order valence-corrected chi connectivity index (χ2v) is 19.2. The molecule has 253 valence electrons. The number of carbonyl (C=O) groups is 2. The normalized spacial score (nSPS) is 10.0. The van der Waals surface area contributed by atoms with E-state index in [1.165, 1.54) is 0 Å². The molecule has 1 radical (unpaired) electrons. The van der Waals surface area contributed by atoms with Crippen LogP contribution in [0.15, 0.2) is 24.3 Å². The Kier molecular flexibility index (Phi) is 48.2. The van der Waals surface area contributed by atoms with Crippen LogP contribution in [-0.2, 0) is 75.7 Å². The number of unbranched alkanes of at least 4 members (excludes halogenated alkanes) is 1. The predicted molar refractivity (Wildman–Crippen MR) is 177 cm³/mol. The zero-order valence-electron chi connectivity index (χ0n) is 24.6. The summed E-state index contributed by atoms with van der Waals surface area (Å²) >= 11 is 0. The van der Waals surface area contributed by atoms with Crippen LogP contribution in [0.5, 0.6) is 0 Å². The molecular formula is C30H66O9Si2Y-2. The van der Waals surface area contributed by atoms with Gasteiger partial charge in [-0.3, -0.25) is 4.79 Å². The Labute approximate surface area is 287 Å². The smallest absolute Gasteiger partial charge is 0.333 e. The van der Waals surface area contributed by atoms with Crippen molar-refractivity contribution in [1.82, 2.24) is 0 Å². The van der Waals surface area contributed by atoms with Crippen molar-refractivity contribution in [2.75, 3.05) is 45.5 Å². The van der Waals surface area contributed by atoms with Crippen LogP contribution < -0.4 is 0 Å². The largest absolute Gasteiger partial charge is 0.466 e. The van der Waals surface area contributed by atoms with Gasteiger partial charge in [-0.1, -0.05) is 68.1 Å². The summed E-state index contributed by atoms with van der Waals surface area (Å²) < 4.78 is 15.4. The summed E-state index contributed by atoms with van der Waals surface area (Å²) in [7, 11) is -3.23. The van der Waals surface area contributed by atoms with Crippen molar-refractivity contribution in [3.05, 3.63) is 38.2 Å². The minimum Gasteiger partial charge on any atom is -0.466 e. The molecule has 0 aromatic carbocycles. The molecule has 12 heteroatoms. The predicted octanol–water partition coefficient (Wildman–Crippen LogP) is 7.89. The van der Waals surface area contributed by atoms with Crippen LogP contribution in [0.3, 0.4) is 0 Å². The van der Waals surface area contributed by atoms with E-state index in [9.17, 15) is 9.59 Å². The van der Waals surface area contributed by atoms with E-state index in [4.69, 9.17) is 33.5 Å². The van der Waals surface area contributed by atoms with Crippen molar-refractivity contribution in [3.8, 4) is 0 Å². The van der Waals surface area contributed by atoms with Gasteiger partial charge in [0.05, 0.1) is 34.1 Å². The Balaban J connectivity index is -0.000000104. The Bertz CT molecular complexity index is 661. The number of ether oxygens (including phenoxy) is 2. The van der Waals surface area contributed by atoms with Crippen molar-refractivity contribution < 1.29 is 75.7 Å². The third-order valence-corrected chi connectivity index (χ3v) is 8.56. The van der Waals surface area contributed by atoms with E-state index in [1.807, 2.05) is 20.0 Å². The second-order valence-electron chi connectivity index (χ2n) is 10.0. The van der Waals surface area contributed by atoms with Gasteiger partial charge < -0.3 is 27.7 Å². The van der Waals surface area contributed by atoms with Gasteiger partial charge in [-0.15, -0.1) is 0 Å². The molecule has 0 atom stereocenters. The molecule has 0 heterocycles. The molecule has 0 aromatic rings. The molecule has 0 bridgehead atoms. The summed E-state index contributed by atoms with van der Waals surface area (Å²) in [6, 6.07) is 0.963. The van der Waals surface area contributed by atoms with Crippen molar-refractivity contribution >= 4 is 28.3 Å². The van der Waals surface area contributed by atoms with E-state index in [1.54, 1.807) is 6.92 Å². The van der Waals surface area contributed by atoms with E-state index in [2.05, 4.69) is 40.1 Å². The van der Waals surface area contributed by atoms with Crippen LogP contribution in [0.25, 0.3) is 0 Å². The molecule has 0 unspecified atom stereocenters. The Morgan fingerprint density at radius 1 is 0.738 bits per heavy atom. The molecule has 0 saturated heterocycles. The summed E-state index contributed by atoms with van der Waals surface area (Å²) in [6.45, 7) is 28.7. The van der Waals surface area contributed by atoms with Crippen LogP contribution in [0, 0.1) is 13.8 Å². The maximum absolute atomic E-state index is 11.4. The zero-order valence-corrected chi connectivity index (χ0v) is 29.4. The first kappa shape index (κ1) is 57.4. The third kappa shape index (κ3) is 41.9. The Morgan fingerprint density at radius 2 is 1.26 bits per heavy atom. The van der Waals surface area contributed by atoms with Gasteiger partial charge in [0.25, 0.3) is 0 Å². The summed E-state index contributed by atoms with van der Waals surface area (Å²) in [5.74, 6) is -0.745. The van der Waals surface area contributed by atoms with Gasteiger partial charge >= 0.3 is 11.9 Å². The molecule has 0 rings (SSSR count). The van der Waals surface area contributed by atoms with Crippen LogP contribution in [0.2, 0.25) is 32.2 Å². The van der Waals surface area contributed by atoms with Crippen molar-refractivity contribution in [3.63, 3.8) is 0 Å². The van der Waals surface area contributed by atoms with Crippen LogP contribution in [0.4, 0.5) is 0 Å². The molecular weight excluding hydrogens is 649 g/mol. The number of hydrogen-bond acceptors (Lipinski definition) is 9. The minimum absolute atomic E-state index is 0. The Morgan fingerprint density at radius 3 is 1.71 bits per heavy atom. The summed E-state index contributed by atoms with van der Waals surface area (Å²) in [4.78, 5) is 42.7. The van der Waals surface area contributed by atoms with Gasteiger partial charge in [0.2, 0.25) is 8.32 Å². The molecule has 0 aliphatic carbocycles. The van der Waals surface area contributed by atoms with E-state index in [-0.39, 0.29) is 81.4 Å². The van der Waals surface area contributed by atoms with E-state index in [0.29, 0.717) is 50.9 Å². The van der Waals surface area contributed by atoms with Gasteiger partial charge in [-0.25, -0.2) is 24.3 Å². The average Bonchev–Trinajstić information content (AvgIpc) is 2.81.